The van der Waals surface area contributed by atoms with Crippen LogP contribution < -0.4 is 4.74 Å². The number of benzene rings is 1. The topological polar surface area (TPSA) is 158 Å². The quantitative estimate of drug-likeness (QED) is 0.369. The molecule has 3 atom stereocenters. The van der Waals surface area contributed by atoms with Crippen LogP contribution >= 0.6 is 21.6 Å². The molecule has 0 radical (unpaired) electrons. The molecule has 4 N–H and O–H groups in total. The van der Waals surface area contributed by atoms with Gasteiger partial charge < -0.3 is 25.2 Å². The third kappa shape index (κ3) is 7.39. The largest absolute Gasteiger partial charge is 0.497 e. The summed E-state index contributed by atoms with van der Waals surface area (Å²) in [4.78, 5) is 44.7. The second-order valence-corrected chi connectivity index (χ2v) is 7.97. The van der Waals surface area contributed by atoms with Crippen LogP contribution in [0.5, 0.6) is 5.75 Å². The van der Waals surface area contributed by atoms with Crippen molar-refractivity contribution in [3.05, 3.63) is 29.8 Å². The Kier molecular flexibility index (Phi) is 8.95. The van der Waals surface area contributed by atoms with Gasteiger partial charge in [-0.15, -0.1) is 0 Å². The normalized spacial score (nSPS) is 14.0. The molecule has 0 aliphatic heterocycles. The van der Waals surface area contributed by atoms with E-state index in [0.29, 0.717) is 22.1 Å². The fourth-order valence-corrected chi connectivity index (χ4v) is 5.22. The molecule has 0 amide bonds. The van der Waals surface area contributed by atoms with Crippen molar-refractivity contribution >= 4 is 45.5 Å². The number of hydrogen-bond acceptors (Lipinski definition) is 7. The average molecular weight is 418 g/mol. The molecule has 11 heteroatoms. The van der Waals surface area contributed by atoms with Crippen LogP contribution in [-0.2, 0) is 19.2 Å². The summed E-state index contributed by atoms with van der Waals surface area (Å²) >= 11 is 0. The fourth-order valence-electron chi connectivity index (χ4n) is 2.11. The molecule has 0 fully saturated rings. The SMILES string of the molecule is COc1ccc(C(SSC(CC(=O)O)C(=O)O)C(CC(=O)O)C(=O)O)cc1. The zero-order chi connectivity index (χ0) is 20.6. The summed E-state index contributed by atoms with van der Waals surface area (Å²) in [6, 6.07) is 6.25. The monoisotopic (exact) mass is 418 g/mol. The van der Waals surface area contributed by atoms with Crippen LogP contribution in [0, 0.1) is 5.92 Å². The predicted molar refractivity (Wildman–Crippen MR) is 98.0 cm³/mol. The number of carboxylic acid groups (broad SMARTS) is 4. The van der Waals surface area contributed by atoms with Crippen LogP contribution in [-0.4, -0.2) is 56.7 Å². The van der Waals surface area contributed by atoms with Crippen molar-refractivity contribution in [1.82, 2.24) is 0 Å². The summed E-state index contributed by atoms with van der Waals surface area (Å²) in [5, 5.41) is 34.2. The van der Waals surface area contributed by atoms with Gasteiger partial charge in [0.25, 0.3) is 0 Å². The maximum atomic E-state index is 11.6. The van der Waals surface area contributed by atoms with Gasteiger partial charge in [-0.25, -0.2) is 0 Å². The Morgan fingerprint density at radius 1 is 0.889 bits per heavy atom. The van der Waals surface area contributed by atoms with Crippen LogP contribution in [0.1, 0.15) is 23.7 Å². The number of hydrogen-bond donors (Lipinski definition) is 4. The molecule has 1 rings (SSSR count). The second kappa shape index (κ2) is 10.7. The Hall–Kier alpha value is -2.40. The molecule has 0 aliphatic rings. The molecule has 148 valence electrons. The van der Waals surface area contributed by atoms with Crippen molar-refractivity contribution in [2.75, 3.05) is 7.11 Å². The first-order valence-corrected chi connectivity index (χ1v) is 9.78. The number of carboxylic acids is 4. The van der Waals surface area contributed by atoms with Gasteiger partial charge in [0.05, 0.1) is 31.1 Å². The van der Waals surface area contributed by atoms with Gasteiger partial charge in [0.15, 0.2) is 0 Å². The van der Waals surface area contributed by atoms with Crippen LogP contribution in [0.3, 0.4) is 0 Å². The van der Waals surface area contributed by atoms with E-state index in [1.807, 2.05) is 0 Å². The van der Waals surface area contributed by atoms with E-state index in [9.17, 15) is 24.3 Å². The molecule has 3 unspecified atom stereocenters. The molecule has 1 aromatic rings. The lowest BCUT2D eigenvalue weighted by Gasteiger charge is -2.23. The van der Waals surface area contributed by atoms with Crippen LogP contribution in [0.15, 0.2) is 24.3 Å². The van der Waals surface area contributed by atoms with E-state index >= 15 is 0 Å². The zero-order valence-corrected chi connectivity index (χ0v) is 15.7. The zero-order valence-electron chi connectivity index (χ0n) is 14.1. The van der Waals surface area contributed by atoms with E-state index in [4.69, 9.17) is 20.1 Å². The molecule has 9 nitrogen and oxygen atoms in total. The highest BCUT2D eigenvalue weighted by Crippen LogP contribution is 2.47. The number of ether oxygens (including phenoxy) is 1. The highest BCUT2D eigenvalue weighted by Gasteiger charge is 2.34. The number of carbonyl (C=O) groups is 4. The third-order valence-corrected chi connectivity index (χ3v) is 6.60. The second-order valence-electron chi connectivity index (χ2n) is 5.35. The summed E-state index contributed by atoms with van der Waals surface area (Å²) in [6.07, 6.45) is -1.32. The lowest BCUT2D eigenvalue weighted by atomic mass is 9.95. The van der Waals surface area contributed by atoms with Gasteiger partial charge in [-0.2, -0.15) is 0 Å². The third-order valence-electron chi connectivity index (χ3n) is 3.43. The Morgan fingerprint density at radius 2 is 1.44 bits per heavy atom. The van der Waals surface area contributed by atoms with E-state index in [1.165, 1.54) is 7.11 Å². The Bertz CT molecular complexity index is 690. The van der Waals surface area contributed by atoms with Crippen LogP contribution in [0.25, 0.3) is 0 Å². The summed E-state index contributed by atoms with van der Waals surface area (Å²) < 4.78 is 5.03. The summed E-state index contributed by atoms with van der Waals surface area (Å²) in [5.41, 5.74) is 0.460. The predicted octanol–water partition coefficient (Wildman–Crippen LogP) is 2.22. The minimum absolute atomic E-state index is 0.460. The van der Waals surface area contributed by atoms with Gasteiger partial charge in [0.2, 0.25) is 0 Å². The fraction of sp³-hybridized carbons (Fsp3) is 0.375. The summed E-state index contributed by atoms with van der Waals surface area (Å²) in [7, 11) is 2.97. The lowest BCUT2D eigenvalue weighted by molar-refractivity contribution is -0.148. The minimum Gasteiger partial charge on any atom is -0.497 e. The smallest absolute Gasteiger partial charge is 0.318 e. The molecular formula is C16H18O9S2. The van der Waals surface area contributed by atoms with Gasteiger partial charge in [0.1, 0.15) is 11.0 Å². The maximum absolute atomic E-state index is 11.6. The van der Waals surface area contributed by atoms with Crippen molar-refractivity contribution in [1.29, 1.82) is 0 Å². The van der Waals surface area contributed by atoms with Gasteiger partial charge in [-0.05, 0) is 17.7 Å². The first-order chi connectivity index (χ1) is 12.6. The highest BCUT2D eigenvalue weighted by molar-refractivity contribution is 8.77. The molecule has 1 aromatic carbocycles. The number of rotatable bonds is 12. The molecule has 0 spiro atoms. The standard InChI is InChI=1S/C16H18O9S2/c1-25-9-4-2-8(3-5-9)14(10(15(21)22)6-12(17)18)27-26-11(16(23)24)7-13(19)20/h2-5,10-11,14H,6-7H2,1H3,(H,17,18)(H,19,20)(H,21,22)(H,23,24). The molecule has 0 aromatic heterocycles. The summed E-state index contributed by atoms with van der Waals surface area (Å²) in [5.74, 6) is -6.16. The van der Waals surface area contributed by atoms with Gasteiger partial charge in [-0.1, -0.05) is 33.7 Å². The number of aliphatic carboxylic acids is 4. The molecule has 0 bridgehead atoms. The van der Waals surface area contributed by atoms with E-state index in [-0.39, 0.29) is 0 Å². The van der Waals surface area contributed by atoms with Crippen molar-refractivity contribution in [2.45, 2.75) is 23.3 Å². The average Bonchev–Trinajstić information content (AvgIpc) is 2.59. The van der Waals surface area contributed by atoms with Gasteiger partial charge in [-0.3, -0.25) is 19.2 Å². The Morgan fingerprint density at radius 3 is 1.85 bits per heavy atom. The number of methoxy groups -OCH3 is 1. The summed E-state index contributed by atoms with van der Waals surface area (Å²) in [6.45, 7) is 0. The molecular weight excluding hydrogens is 400 g/mol. The highest BCUT2D eigenvalue weighted by atomic mass is 33.1. The van der Waals surface area contributed by atoms with Crippen molar-refractivity contribution in [3.63, 3.8) is 0 Å². The molecule has 0 saturated heterocycles. The van der Waals surface area contributed by atoms with Crippen LogP contribution in [0.2, 0.25) is 0 Å². The van der Waals surface area contributed by atoms with Gasteiger partial charge in [0, 0.05) is 0 Å². The first kappa shape index (κ1) is 22.6. The first-order valence-electron chi connectivity index (χ1n) is 7.51. The lowest BCUT2D eigenvalue weighted by Crippen LogP contribution is -2.24. The van der Waals surface area contributed by atoms with E-state index < -0.39 is 53.1 Å². The molecule has 0 aliphatic carbocycles. The minimum atomic E-state index is -1.35. The van der Waals surface area contributed by atoms with Crippen molar-refractivity contribution in [3.8, 4) is 5.75 Å². The van der Waals surface area contributed by atoms with E-state index in [2.05, 4.69) is 0 Å². The molecule has 0 saturated carbocycles. The molecule has 27 heavy (non-hydrogen) atoms. The van der Waals surface area contributed by atoms with Gasteiger partial charge >= 0.3 is 23.9 Å². The van der Waals surface area contributed by atoms with E-state index in [1.54, 1.807) is 24.3 Å². The maximum Gasteiger partial charge on any atom is 0.318 e. The van der Waals surface area contributed by atoms with Crippen molar-refractivity contribution < 1.29 is 44.3 Å². The Balaban J connectivity index is 3.14. The molecule has 0 heterocycles. The van der Waals surface area contributed by atoms with E-state index in [0.717, 1.165) is 10.8 Å². The van der Waals surface area contributed by atoms with Crippen LogP contribution in [0.4, 0.5) is 0 Å². The van der Waals surface area contributed by atoms with Crippen molar-refractivity contribution in [2.24, 2.45) is 5.92 Å². The Labute approximate surface area is 162 Å².